The Bertz CT molecular complexity index is 1540. The molecule has 3 heterocycles. The minimum atomic E-state index is -0.328. The van der Waals surface area contributed by atoms with Crippen molar-refractivity contribution < 1.29 is 13.5 Å². The maximum absolute atomic E-state index is 14.0. The highest BCUT2D eigenvalue weighted by atomic mass is 19.1. The molecule has 3 aromatic heterocycles. The first-order chi connectivity index (χ1) is 15.6. The zero-order chi connectivity index (χ0) is 21.8. The number of fused-ring (bicyclic) bond motifs is 6. The van der Waals surface area contributed by atoms with Gasteiger partial charge >= 0.3 is 0 Å². The Morgan fingerprint density at radius 1 is 0.875 bits per heavy atom. The fraction of sp³-hybridized carbons (Fsp3) is 0.136. The summed E-state index contributed by atoms with van der Waals surface area (Å²) in [7, 11) is 0. The molecule has 0 unspecified atom stereocenters. The van der Waals surface area contributed by atoms with Crippen LogP contribution in [0.3, 0.4) is 0 Å². The monoisotopic (exact) mass is 433 g/mol. The van der Waals surface area contributed by atoms with Gasteiger partial charge in [-0.1, -0.05) is 5.10 Å². The van der Waals surface area contributed by atoms with E-state index in [9.17, 15) is 8.78 Å². The van der Waals surface area contributed by atoms with Crippen LogP contribution in [0.2, 0.25) is 0 Å². The number of aromatic nitrogens is 6. The summed E-state index contributed by atoms with van der Waals surface area (Å²) in [5.41, 5.74) is 8.56. The number of nitrogens with one attached hydrogen (secondary N) is 2. The number of ether oxygens (including phenoxy) is 1. The first kappa shape index (κ1) is 18.6. The molecule has 0 aliphatic rings. The van der Waals surface area contributed by atoms with E-state index in [0.717, 1.165) is 43.6 Å². The lowest BCUT2D eigenvalue weighted by atomic mass is 10.1. The Labute approximate surface area is 178 Å². The minimum absolute atomic E-state index is 0.119. The molecule has 4 N–H and O–H groups in total. The summed E-state index contributed by atoms with van der Waals surface area (Å²) in [5, 5.41) is 14.5. The summed E-state index contributed by atoms with van der Waals surface area (Å²) in [4.78, 5) is 8.09. The number of tetrazole rings is 1. The molecule has 0 aliphatic carbocycles. The van der Waals surface area contributed by atoms with Gasteiger partial charge in [-0.15, -0.1) is 5.10 Å². The van der Waals surface area contributed by atoms with Gasteiger partial charge in [-0.3, -0.25) is 0 Å². The highest BCUT2D eigenvalue weighted by Gasteiger charge is 2.18. The maximum Gasteiger partial charge on any atom is 0.260 e. The second kappa shape index (κ2) is 6.91. The van der Waals surface area contributed by atoms with Crippen LogP contribution in [0.5, 0.6) is 5.75 Å². The number of hydrogen-bond donors (Lipinski definition) is 3. The number of nitrogens with two attached hydrogens (primary N) is 1. The average Bonchev–Trinajstić information content (AvgIpc) is 3.46. The SMILES string of the molecule is Nc1nnn(CCCOc2c3[nH]c4ccc(F)cc4c3cc3c2[nH]c2ccc(F)cc23)n1. The third kappa shape index (κ3) is 2.91. The van der Waals surface area contributed by atoms with E-state index in [1.807, 2.05) is 6.07 Å². The van der Waals surface area contributed by atoms with E-state index in [0.29, 0.717) is 25.3 Å². The molecule has 6 rings (SSSR count). The van der Waals surface area contributed by atoms with Crippen LogP contribution in [0, 0.1) is 11.6 Å². The standard InChI is InChI=1S/C22H17F2N7O/c23-11-2-4-17-13(8-11)15-10-16-14-9-12(24)3-5-18(14)27-20(16)21(19(15)26-17)32-7-1-6-31-29-22(25)28-30-31/h2-5,8-10,26-27H,1,6-7H2,(H2,25,29). The van der Waals surface area contributed by atoms with E-state index in [2.05, 4.69) is 25.4 Å². The summed E-state index contributed by atoms with van der Waals surface area (Å²) in [6.45, 7) is 0.849. The fourth-order valence-electron chi connectivity index (χ4n) is 4.17. The van der Waals surface area contributed by atoms with Crippen LogP contribution in [0.1, 0.15) is 6.42 Å². The zero-order valence-electron chi connectivity index (χ0n) is 16.7. The predicted octanol–water partition coefficient (Wildman–Crippen LogP) is 4.27. The van der Waals surface area contributed by atoms with Crippen molar-refractivity contribution >= 4 is 49.6 Å². The molecule has 0 saturated heterocycles. The predicted molar refractivity (Wildman–Crippen MR) is 117 cm³/mol. The molecule has 0 aliphatic heterocycles. The normalized spacial score (nSPS) is 11.9. The Balaban J connectivity index is 1.49. The number of hydrogen-bond acceptors (Lipinski definition) is 5. The summed E-state index contributed by atoms with van der Waals surface area (Å²) in [5.74, 6) is 0.0564. The number of aromatic amines is 2. The number of anilines is 1. The summed E-state index contributed by atoms with van der Waals surface area (Å²) in [6.07, 6.45) is 0.609. The van der Waals surface area contributed by atoms with Gasteiger partial charge in [0.15, 0.2) is 5.75 Å². The first-order valence-corrected chi connectivity index (χ1v) is 10.1. The van der Waals surface area contributed by atoms with Gasteiger partial charge in [0.25, 0.3) is 5.95 Å². The highest BCUT2D eigenvalue weighted by Crippen LogP contribution is 2.41. The number of rotatable bonds is 5. The van der Waals surface area contributed by atoms with Gasteiger partial charge in [0.05, 0.1) is 24.2 Å². The van der Waals surface area contributed by atoms with Gasteiger partial charge in [0, 0.05) is 39.0 Å². The molecule has 8 nitrogen and oxygen atoms in total. The number of nitrogen functional groups attached to an aromatic ring is 1. The number of H-pyrrole nitrogens is 2. The molecule has 3 aromatic carbocycles. The number of nitrogens with zero attached hydrogens (tertiary/aromatic N) is 4. The molecule has 0 fully saturated rings. The zero-order valence-corrected chi connectivity index (χ0v) is 16.7. The first-order valence-electron chi connectivity index (χ1n) is 10.1. The lowest BCUT2D eigenvalue weighted by Gasteiger charge is -2.09. The molecular formula is C22H17F2N7O. The van der Waals surface area contributed by atoms with Crippen molar-refractivity contribution in [3.63, 3.8) is 0 Å². The van der Waals surface area contributed by atoms with Gasteiger partial charge in [0.1, 0.15) is 11.6 Å². The molecule has 10 heteroatoms. The van der Waals surface area contributed by atoms with E-state index in [1.54, 1.807) is 12.1 Å². The van der Waals surface area contributed by atoms with E-state index in [4.69, 9.17) is 10.5 Å². The van der Waals surface area contributed by atoms with Crippen molar-refractivity contribution in [3.8, 4) is 5.75 Å². The summed E-state index contributed by atoms with van der Waals surface area (Å²) < 4.78 is 34.2. The largest absolute Gasteiger partial charge is 0.489 e. The number of aryl methyl sites for hydroxylation is 1. The Morgan fingerprint density at radius 2 is 1.50 bits per heavy atom. The van der Waals surface area contributed by atoms with E-state index >= 15 is 0 Å². The number of halogens is 2. The number of benzene rings is 3. The highest BCUT2D eigenvalue weighted by molar-refractivity contribution is 6.20. The summed E-state index contributed by atoms with van der Waals surface area (Å²) in [6, 6.07) is 11.1. The Kier molecular flexibility index (Phi) is 4.00. The van der Waals surface area contributed by atoms with Crippen molar-refractivity contribution in [1.29, 1.82) is 0 Å². The second-order valence-electron chi connectivity index (χ2n) is 7.63. The molecule has 0 amide bonds. The van der Waals surface area contributed by atoms with Crippen LogP contribution in [0.25, 0.3) is 43.6 Å². The smallest absolute Gasteiger partial charge is 0.260 e. The maximum atomic E-state index is 14.0. The quantitative estimate of drug-likeness (QED) is 0.352. The van der Waals surface area contributed by atoms with Crippen molar-refractivity contribution in [3.05, 3.63) is 54.1 Å². The molecule has 32 heavy (non-hydrogen) atoms. The van der Waals surface area contributed by atoms with Crippen LogP contribution < -0.4 is 10.5 Å². The Morgan fingerprint density at radius 3 is 2.06 bits per heavy atom. The summed E-state index contributed by atoms with van der Waals surface area (Å²) >= 11 is 0. The Hall–Kier alpha value is -4.21. The van der Waals surface area contributed by atoms with Gasteiger partial charge < -0.3 is 20.4 Å². The lowest BCUT2D eigenvalue weighted by Crippen LogP contribution is -2.08. The van der Waals surface area contributed by atoms with E-state index in [1.165, 1.54) is 29.1 Å². The molecule has 0 bridgehead atoms. The third-order valence-corrected chi connectivity index (χ3v) is 5.56. The van der Waals surface area contributed by atoms with Crippen molar-refractivity contribution in [2.45, 2.75) is 13.0 Å². The van der Waals surface area contributed by atoms with Crippen LogP contribution in [-0.2, 0) is 6.54 Å². The third-order valence-electron chi connectivity index (χ3n) is 5.56. The molecule has 0 radical (unpaired) electrons. The molecule has 0 spiro atoms. The van der Waals surface area contributed by atoms with Gasteiger partial charge in [-0.05, 0) is 47.7 Å². The van der Waals surface area contributed by atoms with Crippen LogP contribution in [0.15, 0.2) is 42.5 Å². The molecule has 0 saturated carbocycles. The second-order valence-corrected chi connectivity index (χ2v) is 7.63. The fourth-order valence-corrected chi connectivity index (χ4v) is 4.17. The van der Waals surface area contributed by atoms with Crippen molar-refractivity contribution in [2.75, 3.05) is 12.3 Å². The van der Waals surface area contributed by atoms with Crippen LogP contribution in [-0.4, -0.2) is 36.8 Å². The van der Waals surface area contributed by atoms with Gasteiger partial charge in [0.2, 0.25) is 0 Å². The molecular weight excluding hydrogens is 416 g/mol. The van der Waals surface area contributed by atoms with E-state index in [-0.39, 0.29) is 17.6 Å². The van der Waals surface area contributed by atoms with Gasteiger partial charge in [-0.2, -0.15) is 4.80 Å². The molecule has 160 valence electrons. The van der Waals surface area contributed by atoms with E-state index < -0.39 is 0 Å². The van der Waals surface area contributed by atoms with Gasteiger partial charge in [-0.25, -0.2) is 8.78 Å². The van der Waals surface area contributed by atoms with Crippen LogP contribution in [0.4, 0.5) is 14.7 Å². The molecule has 6 aromatic rings. The van der Waals surface area contributed by atoms with Crippen molar-refractivity contribution in [2.24, 2.45) is 0 Å². The van der Waals surface area contributed by atoms with Crippen LogP contribution >= 0.6 is 0 Å². The average molecular weight is 433 g/mol. The lowest BCUT2D eigenvalue weighted by molar-refractivity contribution is 0.298. The topological polar surface area (TPSA) is 110 Å². The molecule has 0 atom stereocenters. The van der Waals surface area contributed by atoms with Crippen molar-refractivity contribution in [1.82, 2.24) is 30.2 Å². The minimum Gasteiger partial charge on any atom is -0.489 e.